The Labute approximate surface area is 275 Å². The Morgan fingerprint density at radius 1 is 0.979 bits per heavy atom. The monoisotopic (exact) mass is 641 g/mol. The first-order valence-corrected chi connectivity index (χ1v) is 16.5. The van der Waals surface area contributed by atoms with Gasteiger partial charge in [0, 0.05) is 19.5 Å². The molecular formula is C37H43N3O7. The van der Waals surface area contributed by atoms with Gasteiger partial charge in [0.05, 0.1) is 36.6 Å². The van der Waals surface area contributed by atoms with Gasteiger partial charge in [-0.05, 0) is 29.9 Å². The van der Waals surface area contributed by atoms with Crippen molar-refractivity contribution in [2.75, 3.05) is 19.8 Å². The number of nitrogens with zero attached hydrogens (tertiary/aromatic N) is 2. The van der Waals surface area contributed by atoms with Crippen LogP contribution in [0.4, 0.5) is 0 Å². The SMILES string of the molecule is CC(C)C[C@H](CO)N1C(=O)[C@H]2[C@@H]3C(=O)N[C@H](c4ccccc4)COC(=O)CC/C=C\CN(Cc4ccccc4)C(=O)[C@H]1[C@@]21C=C[C@@H]3O1. The van der Waals surface area contributed by atoms with Crippen LogP contribution in [0.5, 0.6) is 0 Å². The Morgan fingerprint density at radius 3 is 2.40 bits per heavy atom. The summed E-state index contributed by atoms with van der Waals surface area (Å²) in [6, 6.07) is 16.4. The fraction of sp³-hybridized carbons (Fsp3) is 0.459. The molecule has 4 aliphatic heterocycles. The molecule has 1 spiro atoms. The minimum absolute atomic E-state index is 0.0742. The number of ether oxygens (including phenoxy) is 2. The van der Waals surface area contributed by atoms with Crippen LogP contribution < -0.4 is 5.32 Å². The summed E-state index contributed by atoms with van der Waals surface area (Å²) in [4.78, 5) is 59.6. The topological polar surface area (TPSA) is 125 Å². The largest absolute Gasteiger partial charge is 0.463 e. The number of nitrogens with one attached hydrogen (secondary N) is 1. The zero-order chi connectivity index (χ0) is 33.1. The first-order valence-electron chi connectivity index (χ1n) is 16.5. The van der Waals surface area contributed by atoms with Gasteiger partial charge < -0.3 is 29.7 Å². The number of carbonyl (C=O) groups excluding carboxylic acids is 4. The Morgan fingerprint density at radius 2 is 1.70 bits per heavy atom. The molecule has 4 aliphatic rings. The van der Waals surface area contributed by atoms with E-state index in [1.54, 1.807) is 17.1 Å². The highest BCUT2D eigenvalue weighted by molar-refractivity contribution is 6.00. The normalized spacial score (nSPS) is 30.8. The third-order valence-electron chi connectivity index (χ3n) is 9.66. The Hall–Kier alpha value is -4.28. The van der Waals surface area contributed by atoms with Gasteiger partial charge in [-0.1, -0.05) is 98.8 Å². The van der Waals surface area contributed by atoms with Crippen molar-refractivity contribution in [2.24, 2.45) is 17.8 Å². The van der Waals surface area contributed by atoms with Crippen LogP contribution in [0.25, 0.3) is 0 Å². The van der Waals surface area contributed by atoms with Crippen LogP contribution in [0.3, 0.4) is 0 Å². The average molecular weight is 642 g/mol. The van der Waals surface area contributed by atoms with Crippen molar-refractivity contribution in [3.63, 3.8) is 0 Å². The van der Waals surface area contributed by atoms with Crippen LogP contribution in [0.1, 0.15) is 50.3 Å². The van der Waals surface area contributed by atoms with E-state index in [-0.39, 0.29) is 50.5 Å². The van der Waals surface area contributed by atoms with Crippen molar-refractivity contribution in [1.82, 2.24) is 15.1 Å². The van der Waals surface area contributed by atoms with Gasteiger partial charge >= 0.3 is 5.97 Å². The second-order valence-electron chi connectivity index (χ2n) is 13.3. The Kier molecular flexibility index (Phi) is 9.61. The van der Waals surface area contributed by atoms with Gasteiger partial charge in [0.2, 0.25) is 17.7 Å². The summed E-state index contributed by atoms with van der Waals surface area (Å²) in [5.41, 5.74) is 0.278. The number of benzene rings is 2. The molecular weight excluding hydrogens is 598 g/mol. The van der Waals surface area contributed by atoms with E-state index in [2.05, 4.69) is 5.32 Å². The summed E-state index contributed by atoms with van der Waals surface area (Å²) in [5, 5.41) is 13.7. The number of fused-ring (bicyclic) bond motifs is 2. The van der Waals surface area contributed by atoms with Crippen molar-refractivity contribution in [2.45, 2.75) is 69.5 Å². The number of likely N-dealkylation sites (tertiary alicyclic amines) is 1. The molecule has 0 radical (unpaired) electrons. The fourth-order valence-corrected chi connectivity index (χ4v) is 7.55. The van der Waals surface area contributed by atoms with E-state index in [0.717, 1.165) is 11.1 Å². The van der Waals surface area contributed by atoms with Crippen LogP contribution >= 0.6 is 0 Å². The number of rotatable bonds is 7. The molecule has 2 saturated heterocycles. The number of allylic oxidation sites excluding steroid dienone is 1. The lowest BCUT2D eigenvalue weighted by Gasteiger charge is -2.39. The van der Waals surface area contributed by atoms with Crippen molar-refractivity contribution in [3.8, 4) is 0 Å². The lowest BCUT2D eigenvalue weighted by molar-refractivity contribution is -0.151. The van der Waals surface area contributed by atoms with Crippen molar-refractivity contribution in [1.29, 1.82) is 0 Å². The molecule has 248 valence electrons. The summed E-state index contributed by atoms with van der Waals surface area (Å²) < 4.78 is 12.2. The molecule has 2 aromatic rings. The number of carbonyl (C=O) groups is 4. The van der Waals surface area contributed by atoms with Gasteiger partial charge in [-0.3, -0.25) is 19.2 Å². The summed E-state index contributed by atoms with van der Waals surface area (Å²) in [6.45, 7) is 4.10. The molecule has 0 unspecified atom stereocenters. The minimum atomic E-state index is -1.38. The molecule has 2 fully saturated rings. The minimum Gasteiger partial charge on any atom is -0.463 e. The van der Waals surface area contributed by atoms with Crippen LogP contribution in [0.15, 0.2) is 85.0 Å². The van der Waals surface area contributed by atoms with E-state index in [9.17, 15) is 24.3 Å². The number of aliphatic hydroxyl groups excluding tert-OH is 1. The highest BCUT2D eigenvalue weighted by Gasteiger charge is 2.73. The summed E-state index contributed by atoms with van der Waals surface area (Å²) in [6.07, 6.45) is 7.57. The highest BCUT2D eigenvalue weighted by Crippen LogP contribution is 2.56. The van der Waals surface area contributed by atoms with E-state index in [0.29, 0.717) is 12.8 Å². The maximum atomic E-state index is 14.9. The molecule has 7 atom stereocenters. The Balaban J connectivity index is 1.43. The molecule has 4 heterocycles. The molecule has 0 saturated carbocycles. The van der Waals surface area contributed by atoms with Gasteiger partial charge in [-0.2, -0.15) is 0 Å². The molecule has 3 amide bonds. The number of amides is 3. The van der Waals surface area contributed by atoms with Crippen LogP contribution in [-0.2, 0) is 35.2 Å². The van der Waals surface area contributed by atoms with E-state index in [1.165, 1.54) is 4.90 Å². The first kappa shape index (κ1) is 32.7. The second-order valence-corrected chi connectivity index (χ2v) is 13.3. The molecule has 10 heteroatoms. The van der Waals surface area contributed by atoms with Crippen LogP contribution in [0, 0.1) is 17.8 Å². The van der Waals surface area contributed by atoms with Gasteiger partial charge in [0.1, 0.15) is 18.2 Å². The molecule has 6 rings (SSSR count). The van der Waals surface area contributed by atoms with Gasteiger partial charge in [-0.15, -0.1) is 0 Å². The lowest BCUT2D eigenvalue weighted by atomic mass is 9.74. The molecule has 0 aromatic heterocycles. The predicted molar refractivity (Wildman–Crippen MR) is 173 cm³/mol. The zero-order valence-corrected chi connectivity index (χ0v) is 26.9. The lowest BCUT2D eigenvalue weighted by Crippen LogP contribution is -2.58. The predicted octanol–water partition coefficient (Wildman–Crippen LogP) is 3.32. The van der Waals surface area contributed by atoms with E-state index in [1.807, 2.05) is 86.7 Å². The first-order chi connectivity index (χ1) is 22.7. The quantitative estimate of drug-likeness (QED) is 0.351. The number of cyclic esters (lactones) is 1. The molecule has 0 aliphatic carbocycles. The van der Waals surface area contributed by atoms with Crippen LogP contribution in [-0.4, -0.2) is 82.1 Å². The third-order valence-corrected chi connectivity index (χ3v) is 9.66. The summed E-state index contributed by atoms with van der Waals surface area (Å²) in [7, 11) is 0. The number of esters is 1. The van der Waals surface area contributed by atoms with Gasteiger partial charge in [0.25, 0.3) is 0 Å². The fourth-order valence-electron chi connectivity index (χ4n) is 7.55. The number of hydrogen-bond acceptors (Lipinski definition) is 7. The van der Waals surface area contributed by atoms with Gasteiger partial charge in [-0.25, -0.2) is 0 Å². The van der Waals surface area contributed by atoms with Gasteiger partial charge in [0.15, 0.2) is 0 Å². The van der Waals surface area contributed by atoms with Crippen molar-refractivity contribution >= 4 is 23.7 Å². The third kappa shape index (κ3) is 6.36. The zero-order valence-electron chi connectivity index (χ0n) is 26.9. The van der Waals surface area contributed by atoms with Crippen molar-refractivity contribution in [3.05, 3.63) is 96.1 Å². The van der Waals surface area contributed by atoms with E-state index in [4.69, 9.17) is 9.47 Å². The molecule has 10 nitrogen and oxygen atoms in total. The van der Waals surface area contributed by atoms with E-state index >= 15 is 0 Å². The van der Waals surface area contributed by atoms with Crippen LogP contribution in [0.2, 0.25) is 0 Å². The Bertz CT molecular complexity index is 1530. The second kappa shape index (κ2) is 13.8. The maximum Gasteiger partial charge on any atom is 0.306 e. The molecule has 47 heavy (non-hydrogen) atoms. The summed E-state index contributed by atoms with van der Waals surface area (Å²) >= 11 is 0. The van der Waals surface area contributed by atoms with Crippen molar-refractivity contribution < 1.29 is 33.8 Å². The average Bonchev–Trinajstić information content (AvgIpc) is 3.72. The molecule has 5 bridgehead atoms. The standard InChI is InChI=1S/C37H43N3O7/c1-24(2)20-27(22-41)40-33-36(45)39(21-25-12-6-3-7-13-25)19-11-5-10-16-30(42)46-23-28(26-14-8-4-9-15-26)38-34(43)31-29-17-18-37(33,47-29)32(31)35(40)44/h3-9,11-15,17-18,24,27-29,31-33,41H,10,16,19-23H2,1-2H3,(H,38,43)/b11-5-/t27-,28+,29+,31-,32-,33+,37-/m1/s1. The smallest absolute Gasteiger partial charge is 0.306 e. The molecule has 2 aromatic carbocycles. The highest BCUT2D eigenvalue weighted by atomic mass is 16.5. The van der Waals surface area contributed by atoms with E-state index < -0.39 is 53.5 Å². The maximum absolute atomic E-state index is 14.9. The number of aliphatic hydroxyl groups is 1. The summed E-state index contributed by atoms with van der Waals surface area (Å²) in [5.74, 6) is -3.30. The number of hydrogen-bond donors (Lipinski definition) is 2. The molecule has 2 N–H and O–H groups in total.